The van der Waals surface area contributed by atoms with Crippen LogP contribution < -0.4 is 20.7 Å². The number of carbonyl (C=O) groups excluding carboxylic acids is 4. The van der Waals surface area contributed by atoms with Gasteiger partial charge in [0.2, 0.25) is 5.54 Å². The summed E-state index contributed by atoms with van der Waals surface area (Å²) >= 11 is 0. The van der Waals surface area contributed by atoms with Crippen molar-refractivity contribution in [2.75, 3.05) is 0 Å². The fraction of sp³-hybridized carbons (Fsp3) is 0.296. The number of pyridine rings is 1. The number of fused-ring (bicyclic) bond motifs is 1. The van der Waals surface area contributed by atoms with E-state index in [0.717, 1.165) is 22.2 Å². The number of barbiturate groups is 1. The first kappa shape index (κ1) is 25.6. The number of para-hydroxylation sites is 1. The highest BCUT2D eigenvalue weighted by molar-refractivity contribution is 6.23. The number of hydrogen-bond donors (Lipinski definition) is 3. The second-order valence-electron chi connectivity index (χ2n) is 9.82. The van der Waals surface area contributed by atoms with Gasteiger partial charge in [0, 0.05) is 23.1 Å². The van der Waals surface area contributed by atoms with Crippen molar-refractivity contribution in [2.45, 2.75) is 51.9 Å². The first-order chi connectivity index (χ1) is 17.4. The molecular formula is C27H28N4O6. The van der Waals surface area contributed by atoms with E-state index in [4.69, 9.17) is 9.47 Å². The Morgan fingerprint density at radius 1 is 1.00 bits per heavy atom. The summed E-state index contributed by atoms with van der Waals surface area (Å²) in [6.45, 7) is 7.20. The van der Waals surface area contributed by atoms with E-state index in [-0.39, 0.29) is 6.42 Å². The molecule has 0 spiro atoms. The topological polar surface area (TPSA) is 136 Å². The minimum Gasteiger partial charge on any atom is -0.489 e. The van der Waals surface area contributed by atoms with Crippen molar-refractivity contribution >= 4 is 34.8 Å². The number of ether oxygens (including phenoxy) is 2. The lowest BCUT2D eigenvalue weighted by atomic mass is 9.87. The number of carbonyl (C=O) groups is 4. The molecule has 0 unspecified atom stereocenters. The molecule has 1 saturated heterocycles. The number of hydrogen-bond acceptors (Lipinski definition) is 7. The Balaban J connectivity index is 1.52. The van der Waals surface area contributed by atoms with Gasteiger partial charge in [0.1, 0.15) is 18.0 Å². The highest BCUT2D eigenvalue weighted by Crippen LogP contribution is 2.23. The van der Waals surface area contributed by atoms with Crippen molar-refractivity contribution in [1.29, 1.82) is 0 Å². The Hall–Kier alpha value is -4.47. The highest BCUT2D eigenvalue weighted by Gasteiger charge is 2.52. The standard InChI is InChI=1S/C27H28N4O6/c1-16-13-18(20-7-5-6-8-21(20)28-16)15-36-19-11-9-17(10-12-19)14-27(31-25(35)37-26(2,3)4)22(32)29-24(34)30-23(27)33/h5-13H,14-15H2,1-4H3,(H,31,35)(H2,29,30,32,33,34). The fourth-order valence-electron chi connectivity index (χ4n) is 4.04. The van der Waals surface area contributed by atoms with Crippen LogP contribution in [0, 0.1) is 6.92 Å². The Bertz CT molecular complexity index is 1360. The molecule has 1 fully saturated rings. The molecule has 192 valence electrons. The number of amides is 5. The number of alkyl carbamates (subject to hydrolysis) is 1. The van der Waals surface area contributed by atoms with Crippen LogP contribution >= 0.6 is 0 Å². The average molecular weight is 505 g/mol. The lowest BCUT2D eigenvalue weighted by Gasteiger charge is -2.35. The van der Waals surface area contributed by atoms with Gasteiger partial charge in [-0.2, -0.15) is 0 Å². The van der Waals surface area contributed by atoms with Crippen LogP contribution in [0.3, 0.4) is 0 Å². The maximum absolute atomic E-state index is 12.8. The van der Waals surface area contributed by atoms with E-state index in [2.05, 4.69) is 10.3 Å². The van der Waals surface area contributed by atoms with Gasteiger partial charge in [-0.1, -0.05) is 30.3 Å². The molecule has 0 aliphatic carbocycles. The van der Waals surface area contributed by atoms with Gasteiger partial charge < -0.3 is 9.47 Å². The number of aromatic nitrogens is 1. The molecule has 3 N–H and O–H groups in total. The van der Waals surface area contributed by atoms with E-state index < -0.39 is 35.1 Å². The molecule has 10 heteroatoms. The van der Waals surface area contributed by atoms with E-state index >= 15 is 0 Å². The molecule has 0 saturated carbocycles. The first-order valence-electron chi connectivity index (χ1n) is 11.7. The van der Waals surface area contributed by atoms with Crippen molar-refractivity contribution in [2.24, 2.45) is 0 Å². The fourth-order valence-corrected chi connectivity index (χ4v) is 4.04. The zero-order valence-electron chi connectivity index (χ0n) is 21.0. The van der Waals surface area contributed by atoms with Gasteiger partial charge in [0.15, 0.2) is 0 Å². The molecule has 1 aromatic heterocycles. The quantitative estimate of drug-likeness (QED) is 0.438. The summed E-state index contributed by atoms with van der Waals surface area (Å²) in [7, 11) is 0. The summed E-state index contributed by atoms with van der Waals surface area (Å²) in [5, 5.41) is 7.47. The molecule has 0 bridgehead atoms. The van der Waals surface area contributed by atoms with E-state index in [9.17, 15) is 19.2 Å². The zero-order valence-corrected chi connectivity index (χ0v) is 21.0. The third-order valence-corrected chi connectivity index (χ3v) is 5.66. The summed E-state index contributed by atoms with van der Waals surface area (Å²) in [4.78, 5) is 54.3. The average Bonchev–Trinajstić information content (AvgIpc) is 2.80. The van der Waals surface area contributed by atoms with Crippen LogP contribution in [-0.4, -0.2) is 40.1 Å². The number of nitrogens with one attached hydrogen (secondary N) is 3. The van der Waals surface area contributed by atoms with Crippen LogP contribution in [0.25, 0.3) is 10.9 Å². The van der Waals surface area contributed by atoms with Gasteiger partial charge in [-0.25, -0.2) is 9.59 Å². The largest absolute Gasteiger partial charge is 0.489 e. The lowest BCUT2D eigenvalue weighted by molar-refractivity contribution is -0.139. The van der Waals surface area contributed by atoms with Crippen LogP contribution in [-0.2, 0) is 27.4 Å². The maximum Gasteiger partial charge on any atom is 0.408 e. The van der Waals surface area contributed by atoms with E-state index in [1.807, 2.05) is 47.9 Å². The van der Waals surface area contributed by atoms with Gasteiger partial charge in [-0.3, -0.25) is 30.5 Å². The number of rotatable bonds is 6. The summed E-state index contributed by atoms with van der Waals surface area (Å²) in [5.41, 5.74) is 0.382. The van der Waals surface area contributed by atoms with E-state index in [0.29, 0.717) is 17.9 Å². The van der Waals surface area contributed by atoms with Crippen LogP contribution in [0.4, 0.5) is 9.59 Å². The minimum absolute atomic E-state index is 0.217. The number of urea groups is 1. The Labute approximate surface area is 213 Å². The maximum atomic E-state index is 12.8. The molecule has 0 radical (unpaired) electrons. The normalized spacial score (nSPS) is 15.1. The monoisotopic (exact) mass is 504 g/mol. The van der Waals surface area contributed by atoms with Gasteiger partial charge in [0.05, 0.1) is 5.52 Å². The molecule has 5 amide bonds. The van der Waals surface area contributed by atoms with Gasteiger partial charge in [0.25, 0.3) is 11.8 Å². The third kappa shape index (κ3) is 5.85. The summed E-state index contributed by atoms with van der Waals surface area (Å²) in [6, 6.07) is 15.6. The van der Waals surface area contributed by atoms with E-state index in [1.165, 1.54) is 0 Å². The number of benzene rings is 2. The van der Waals surface area contributed by atoms with Gasteiger partial charge in [-0.15, -0.1) is 0 Å². The molecule has 2 heterocycles. The smallest absolute Gasteiger partial charge is 0.408 e. The number of aryl methyl sites for hydroxylation is 1. The third-order valence-electron chi connectivity index (χ3n) is 5.66. The molecule has 2 aromatic carbocycles. The van der Waals surface area contributed by atoms with Crippen molar-refractivity contribution in [1.82, 2.24) is 20.9 Å². The Morgan fingerprint density at radius 3 is 2.30 bits per heavy atom. The Kier molecular flexibility index (Phi) is 6.84. The predicted molar refractivity (Wildman–Crippen MR) is 135 cm³/mol. The van der Waals surface area contributed by atoms with Gasteiger partial charge >= 0.3 is 12.1 Å². The molecule has 10 nitrogen and oxygen atoms in total. The second kappa shape index (κ2) is 9.88. The van der Waals surface area contributed by atoms with Crippen LogP contribution in [0.2, 0.25) is 0 Å². The minimum atomic E-state index is -2.08. The Morgan fingerprint density at radius 2 is 1.65 bits per heavy atom. The molecule has 3 aromatic rings. The van der Waals surface area contributed by atoms with Crippen LogP contribution in [0.5, 0.6) is 5.75 Å². The molecular weight excluding hydrogens is 476 g/mol. The molecule has 1 aliphatic heterocycles. The predicted octanol–water partition coefficient (Wildman–Crippen LogP) is 3.29. The van der Waals surface area contributed by atoms with Crippen LogP contribution in [0.15, 0.2) is 54.6 Å². The zero-order chi connectivity index (χ0) is 26.8. The van der Waals surface area contributed by atoms with Crippen molar-refractivity contribution in [3.63, 3.8) is 0 Å². The molecule has 0 atom stereocenters. The molecule has 4 rings (SSSR count). The van der Waals surface area contributed by atoms with Crippen molar-refractivity contribution in [3.05, 3.63) is 71.4 Å². The van der Waals surface area contributed by atoms with Crippen LogP contribution in [0.1, 0.15) is 37.6 Å². The number of nitrogens with zero attached hydrogens (tertiary/aromatic N) is 1. The summed E-state index contributed by atoms with van der Waals surface area (Å²) in [5.74, 6) is -1.33. The summed E-state index contributed by atoms with van der Waals surface area (Å²) < 4.78 is 11.2. The number of imide groups is 2. The lowest BCUT2D eigenvalue weighted by Crippen LogP contribution is -2.74. The molecule has 1 aliphatic rings. The molecule has 37 heavy (non-hydrogen) atoms. The van der Waals surface area contributed by atoms with E-state index in [1.54, 1.807) is 45.0 Å². The first-order valence-corrected chi connectivity index (χ1v) is 11.7. The van der Waals surface area contributed by atoms with Gasteiger partial charge in [-0.05, 0) is 57.5 Å². The van der Waals surface area contributed by atoms with Crippen molar-refractivity contribution in [3.8, 4) is 5.75 Å². The van der Waals surface area contributed by atoms with Crippen molar-refractivity contribution < 1.29 is 28.7 Å². The highest BCUT2D eigenvalue weighted by atomic mass is 16.6. The SMILES string of the molecule is Cc1cc(COc2ccc(CC3(NC(=O)OC(C)(C)C)C(=O)NC(=O)NC3=O)cc2)c2ccccc2n1. The summed E-state index contributed by atoms with van der Waals surface area (Å²) in [6.07, 6.45) is -1.18. The second-order valence-corrected chi connectivity index (χ2v) is 9.82.